The Morgan fingerprint density at radius 1 is 1.43 bits per heavy atom. The molecule has 1 amide bonds. The first-order valence-electron chi connectivity index (χ1n) is 7.88. The minimum absolute atomic E-state index is 0.0266. The number of rotatable bonds is 6. The molecule has 1 atom stereocenters. The maximum Gasteiger partial charge on any atom is 0.256 e. The molecule has 1 heterocycles. The molecular weight excluding hydrogens is 264 g/mol. The van der Waals surface area contributed by atoms with Gasteiger partial charge in [0.25, 0.3) is 5.91 Å². The Morgan fingerprint density at radius 2 is 2.19 bits per heavy atom. The SMILES string of the molecule is CC(C)CCNc1ccccc1C(=O)N1CCCC1CO. The number of amides is 1. The lowest BCUT2D eigenvalue weighted by Gasteiger charge is -2.24. The third kappa shape index (κ3) is 3.97. The Hall–Kier alpha value is -1.55. The van der Waals surface area contributed by atoms with Gasteiger partial charge in [0.2, 0.25) is 0 Å². The molecule has 1 aromatic rings. The first-order chi connectivity index (χ1) is 10.1. The summed E-state index contributed by atoms with van der Waals surface area (Å²) in [6, 6.07) is 7.64. The maximum absolute atomic E-state index is 12.7. The molecule has 1 saturated heterocycles. The van der Waals surface area contributed by atoms with Crippen LogP contribution in [-0.4, -0.2) is 41.7 Å². The minimum Gasteiger partial charge on any atom is -0.394 e. The highest BCUT2D eigenvalue weighted by Gasteiger charge is 2.29. The van der Waals surface area contributed by atoms with E-state index >= 15 is 0 Å². The molecular formula is C17H26N2O2. The Bertz CT molecular complexity index is 474. The van der Waals surface area contributed by atoms with E-state index in [9.17, 15) is 9.90 Å². The van der Waals surface area contributed by atoms with E-state index in [4.69, 9.17) is 0 Å². The van der Waals surface area contributed by atoms with E-state index in [0.29, 0.717) is 11.5 Å². The van der Waals surface area contributed by atoms with Crippen LogP contribution < -0.4 is 5.32 Å². The summed E-state index contributed by atoms with van der Waals surface area (Å²) in [5.74, 6) is 0.664. The van der Waals surface area contributed by atoms with Crippen molar-refractivity contribution in [2.75, 3.05) is 25.0 Å². The minimum atomic E-state index is -0.0266. The smallest absolute Gasteiger partial charge is 0.256 e. The van der Waals surface area contributed by atoms with E-state index in [1.807, 2.05) is 29.2 Å². The molecule has 0 saturated carbocycles. The summed E-state index contributed by atoms with van der Waals surface area (Å²) in [6.45, 7) is 6.04. The fourth-order valence-corrected chi connectivity index (χ4v) is 2.77. The van der Waals surface area contributed by atoms with Gasteiger partial charge in [0.1, 0.15) is 0 Å². The van der Waals surface area contributed by atoms with Crippen molar-refractivity contribution >= 4 is 11.6 Å². The Kier molecular flexibility index (Phi) is 5.62. The first-order valence-corrected chi connectivity index (χ1v) is 7.88. The van der Waals surface area contributed by atoms with Crippen molar-refractivity contribution in [1.29, 1.82) is 0 Å². The number of hydrogen-bond acceptors (Lipinski definition) is 3. The van der Waals surface area contributed by atoms with Crippen molar-refractivity contribution in [2.45, 2.75) is 39.2 Å². The summed E-state index contributed by atoms with van der Waals surface area (Å²) < 4.78 is 0. The molecule has 1 aliphatic heterocycles. The molecule has 4 heteroatoms. The molecule has 0 aliphatic carbocycles. The average Bonchev–Trinajstić information content (AvgIpc) is 2.95. The zero-order valence-corrected chi connectivity index (χ0v) is 13.0. The summed E-state index contributed by atoms with van der Waals surface area (Å²) in [6.07, 6.45) is 2.94. The van der Waals surface area contributed by atoms with Crippen LogP contribution in [0.3, 0.4) is 0 Å². The number of aliphatic hydroxyl groups is 1. The predicted octanol–water partition coefficient (Wildman–Crippen LogP) is 2.74. The number of hydrogen-bond donors (Lipinski definition) is 2. The number of aliphatic hydroxyl groups excluding tert-OH is 1. The van der Waals surface area contributed by atoms with Crippen LogP contribution in [0.15, 0.2) is 24.3 Å². The Labute approximate surface area is 127 Å². The molecule has 0 spiro atoms. The molecule has 21 heavy (non-hydrogen) atoms. The van der Waals surface area contributed by atoms with Crippen molar-refractivity contribution < 1.29 is 9.90 Å². The van der Waals surface area contributed by atoms with Crippen LogP contribution in [0.1, 0.15) is 43.5 Å². The molecule has 116 valence electrons. The van der Waals surface area contributed by atoms with Crippen molar-refractivity contribution in [2.24, 2.45) is 5.92 Å². The van der Waals surface area contributed by atoms with E-state index < -0.39 is 0 Å². The van der Waals surface area contributed by atoms with Crippen LogP contribution in [0.5, 0.6) is 0 Å². The molecule has 0 radical (unpaired) electrons. The number of nitrogens with zero attached hydrogens (tertiary/aromatic N) is 1. The molecule has 1 unspecified atom stereocenters. The highest BCUT2D eigenvalue weighted by molar-refractivity contribution is 5.99. The second kappa shape index (κ2) is 7.46. The maximum atomic E-state index is 12.7. The Morgan fingerprint density at radius 3 is 2.90 bits per heavy atom. The summed E-state index contributed by atoms with van der Waals surface area (Å²) in [5.41, 5.74) is 1.60. The van der Waals surface area contributed by atoms with Crippen molar-refractivity contribution in [3.05, 3.63) is 29.8 Å². The molecule has 2 N–H and O–H groups in total. The second-order valence-electron chi connectivity index (χ2n) is 6.13. The van der Waals surface area contributed by atoms with Gasteiger partial charge in [-0.1, -0.05) is 26.0 Å². The van der Waals surface area contributed by atoms with Crippen molar-refractivity contribution in [3.63, 3.8) is 0 Å². The third-order valence-corrected chi connectivity index (χ3v) is 4.04. The standard InChI is InChI=1S/C17H26N2O2/c1-13(2)9-10-18-16-8-4-3-7-15(16)17(21)19-11-5-6-14(19)12-20/h3-4,7-8,13-14,18,20H,5-6,9-12H2,1-2H3. The zero-order valence-electron chi connectivity index (χ0n) is 13.0. The lowest BCUT2D eigenvalue weighted by molar-refractivity contribution is 0.0678. The zero-order chi connectivity index (χ0) is 15.2. The molecule has 1 fully saturated rings. The number of likely N-dealkylation sites (tertiary alicyclic amines) is 1. The molecule has 0 aromatic heterocycles. The molecule has 1 aliphatic rings. The third-order valence-electron chi connectivity index (χ3n) is 4.04. The number of para-hydroxylation sites is 1. The van der Waals surface area contributed by atoms with E-state index in [2.05, 4.69) is 19.2 Å². The van der Waals surface area contributed by atoms with E-state index in [0.717, 1.165) is 38.0 Å². The number of carbonyl (C=O) groups is 1. The van der Waals surface area contributed by atoms with Gasteiger partial charge < -0.3 is 15.3 Å². The van der Waals surface area contributed by atoms with Crippen LogP contribution in [0.4, 0.5) is 5.69 Å². The lowest BCUT2D eigenvalue weighted by Crippen LogP contribution is -2.37. The topological polar surface area (TPSA) is 52.6 Å². The van der Waals surface area contributed by atoms with Gasteiger partial charge in [0.05, 0.1) is 18.2 Å². The van der Waals surface area contributed by atoms with Crippen molar-refractivity contribution in [3.8, 4) is 0 Å². The first kappa shape index (κ1) is 15.8. The van der Waals surface area contributed by atoms with Gasteiger partial charge in [-0.15, -0.1) is 0 Å². The highest BCUT2D eigenvalue weighted by Crippen LogP contribution is 2.23. The summed E-state index contributed by atoms with van der Waals surface area (Å²) in [4.78, 5) is 14.5. The van der Waals surface area contributed by atoms with Crippen molar-refractivity contribution in [1.82, 2.24) is 4.90 Å². The van der Waals surface area contributed by atoms with E-state index in [1.54, 1.807) is 0 Å². The number of benzene rings is 1. The van der Waals surface area contributed by atoms with Crippen LogP contribution in [0, 0.1) is 5.92 Å². The van der Waals surface area contributed by atoms with Gasteiger partial charge in [-0.2, -0.15) is 0 Å². The van der Waals surface area contributed by atoms with Gasteiger partial charge in [0, 0.05) is 18.8 Å². The normalized spacial score (nSPS) is 18.3. The summed E-state index contributed by atoms with van der Waals surface area (Å²) in [7, 11) is 0. The van der Waals surface area contributed by atoms with E-state index in [-0.39, 0.29) is 18.6 Å². The highest BCUT2D eigenvalue weighted by atomic mass is 16.3. The summed E-state index contributed by atoms with van der Waals surface area (Å²) in [5, 5.41) is 12.8. The largest absolute Gasteiger partial charge is 0.394 e. The Balaban J connectivity index is 2.09. The van der Waals surface area contributed by atoms with Gasteiger partial charge in [-0.25, -0.2) is 0 Å². The summed E-state index contributed by atoms with van der Waals surface area (Å²) >= 11 is 0. The molecule has 0 bridgehead atoms. The number of anilines is 1. The van der Waals surface area contributed by atoms with Gasteiger partial charge in [0.15, 0.2) is 0 Å². The monoisotopic (exact) mass is 290 g/mol. The van der Waals surface area contributed by atoms with E-state index in [1.165, 1.54) is 0 Å². The molecule has 4 nitrogen and oxygen atoms in total. The van der Waals surface area contributed by atoms with Gasteiger partial charge in [-0.3, -0.25) is 4.79 Å². The second-order valence-corrected chi connectivity index (χ2v) is 6.13. The van der Waals surface area contributed by atoms with Gasteiger partial charge in [-0.05, 0) is 37.3 Å². The number of carbonyl (C=O) groups excluding carboxylic acids is 1. The molecule has 1 aromatic carbocycles. The number of nitrogens with one attached hydrogen (secondary N) is 1. The van der Waals surface area contributed by atoms with Crippen LogP contribution in [0.2, 0.25) is 0 Å². The average molecular weight is 290 g/mol. The van der Waals surface area contributed by atoms with Crippen LogP contribution in [0.25, 0.3) is 0 Å². The van der Waals surface area contributed by atoms with Crippen LogP contribution in [-0.2, 0) is 0 Å². The van der Waals surface area contributed by atoms with Crippen LogP contribution >= 0.6 is 0 Å². The van der Waals surface area contributed by atoms with Gasteiger partial charge >= 0.3 is 0 Å². The fourth-order valence-electron chi connectivity index (χ4n) is 2.77. The lowest BCUT2D eigenvalue weighted by atomic mass is 10.1. The predicted molar refractivity (Wildman–Crippen MR) is 85.5 cm³/mol. The fraction of sp³-hybridized carbons (Fsp3) is 0.588. The molecule has 2 rings (SSSR count). The quantitative estimate of drug-likeness (QED) is 0.847.